The van der Waals surface area contributed by atoms with E-state index >= 15 is 0 Å². The van der Waals surface area contributed by atoms with Crippen LogP contribution in [0.2, 0.25) is 0 Å². The molecule has 0 aromatic carbocycles. The number of hydrogen-bond donors (Lipinski definition) is 3. The molecule has 1 aromatic heterocycles. The molecule has 0 atom stereocenters. The Balaban J connectivity index is 1.94. The van der Waals surface area contributed by atoms with E-state index in [1.165, 1.54) is 25.8 Å². The Morgan fingerprint density at radius 1 is 1.00 bits per heavy atom. The molecule has 2 heterocycles. The van der Waals surface area contributed by atoms with Crippen LogP contribution in [0, 0.1) is 0 Å². The van der Waals surface area contributed by atoms with Crippen LogP contribution in [0.15, 0.2) is 0 Å². The largest absolute Gasteiger partial charge is 0.393 e. The summed E-state index contributed by atoms with van der Waals surface area (Å²) >= 11 is 0. The van der Waals surface area contributed by atoms with Gasteiger partial charge in [-0.1, -0.05) is 19.8 Å². The third-order valence-corrected chi connectivity index (χ3v) is 3.72. The van der Waals surface area contributed by atoms with Gasteiger partial charge in [-0.15, -0.1) is 0 Å². The second kappa shape index (κ2) is 6.60. The fraction of sp³-hybridized carbons (Fsp3) is 0.692. The predicted octanol–water partition coefficient (Wildman–Crippen LogP) is 0.535. The Labute approximate surface area is 120 Å². The standard InChI is InChI=1S/C13H25N7/c1-2-3-4-5-19-6-8-20(9-7-19)12-10(14)11(15)17-13(16)18-12/h2-9,14H2,1H3,(H4,15,16,17,18). The predicted molar refractivity (Wildman–Crippen MR) is 83.4 cm³/mol. The van der Waals surface area contributed by atoms with Crippen molar-refractivity contribution in [3.05, 3.63) is 0 Å². The molecule has 1 saturated heterocycles. The molecule has 7 nitrogen and oxygen atoms in total. The van der Waals surface area contributed by atoms with Crippen molar-refractivity contribution in [1.29, 1.82) is 0 Å². The van der Waals surface area contributed by atoms with Crippen molar-refractivity contribution >= 4 is 23.3 Å². The average Bonchev–Trinajstić information content (AvgIpc) is 2.44. The van der Waals surface area contributed by atoms with E-state index in [-0.39, 0.29) is 11.8 Å². The zero-order chi connectivity index (χ0) is 14.5. The van der Waals surface area contributed by atoms with E-state index in [1.54, 1.807) is 0 Å². The molecule has 1 aromatic rings. The van der Waals surface area contributed by atoms with Crippen LogP contribution >= 0.6 is 0 Å². The number of rotatable bonds is 5. The first-order valence-corrected chi connectivity index (χ1v) is 7.27. The molecule has 1 fully saturated rings. The van der Waals surface area contributed by atoms with Crippen LogP contribution < -0.4 is 22.1 Å². The molecule has 1 aliphatic rings. The van der Waals surface area contributed by atoms with E-state index in [0.29, 0.717) is 11.5 Å². The van der Waals surface area contributed by atoms with Crippen LogP contribution in [-0.4, -0.2) is 47.6 Å². The highest BCUT2D eigenvalue weighted by molar-refractivity contribution is 5.75. The molecule has 20 heavy (non-hydrogen) atoms. The molecule has 0 aliphatic carbocycles. The van der Waals surface area contributed by atoms with Gasteiger partial charge >= 0.3 is 0 Å². The lowest BCUT2D eigenvalue weighted by atomic mass is 10.2. The Kier molecular flexibility index (Phi) is 4.84. The third kappa shape index (κ3) is 3.41. The van der Waals surface area contributed by atoms with E-state index in [1.807, 2.05) is 0 Å². The fourth-order valence-electron chi connectivity index (χ4n) is 2.50. The molecular formula is C13H25N7. The topological polar surface area (TPSA) is 110 Å². The lowest BCUT2D eigenvalue weighted by molar-refractivity contribution is 0.252. The second-order valence-electron chi connectivity index (χ2n) is 5.24. The van der Waals surface area contributed by atoms with Crippen molar-refractivity contribution in [1.82, 2.24) is 14.9 Å². The minimum atomic E-state index is 0.178. The SMILES string of the molecule is CCCCCN1CCN(c2nc(N)nc(N)c2N)CC1. The van der Waals surface area contributed by atoms with Crippen molar-refractivity contribution in [2.45, 2.75) is 26.2 Å². The van der Waals surface area contributed by atoms with E-state index < -0.39 is 0 Å². The quantitative estimate of drug-likeness (QED) is 0.674. The number of piperazine rings is 1. The van der Waals surface area contributed by atoms with Crippen molar-refractivity contribution in [3.8, 4) is 0 Å². The minimum Gasteiger partial charge on any atom is -0.393 e. The first-order chi connectivity index (χ1) is 9.61. The van der Waals surface area contributed by atoms with Gasteiger partial charge in [0.15, 0.2) is 11.6 Å². The average molecular weight is 279 g/mol. The molecule has 7 heteroatoms. The summed E-state index contributed by atoms with van der Waals surface area (Å²) in [5, 5.41) is 0. The maximum absolute atomic E-state index is 5.95. The zero-order valence-corrected chi connectivity index (χ0v) is 12.2. The van der Waals surface area contributed by atoms with Gasteiger partial charge in [0, 0.05) is 26.2 Å². The van der Waals surface area contributed by atoms with E-state index in [2.05, 4.69) is 26.7 Å². The summed E-state index contributed by atoms with van der Waals surface area (Å²) in [5.41, 5.74) is 17.8. The lowest BCUT2D eigenvalue weighted by Gasteiger charge is -2.35. The number of nitrogen functional groups attached to an aromatic ring is 3. The summed E-state index contributed by atoms with van der Waals surface area (Å²) in [6.07, 6.45) is 3.83. The summed E-state index contributed by atoms with van der Waals surface area (Å²) in [5.74, 6) is 1.11. The Morgan fingerprint density at radius 3 is 2.35 bits per heavy atom. The number of aromatic nitrogens is 2. The van der Waals surface area contributed by atoms with Crippen molar-refractivity contribution < 1.29 is 0 Å². The summed E-state index contributed by atoms with van der Waals surface area (Å²) in [6, 6.07) is 0. The zero-order valence-electron chi connectivity index (χ0n) is 12.2. The van der Waals surface area contributed by atoms with E-state index in [9.17, 15) is 0 Å². The highest BCUT2D eigenvalue weighted by Crippen LogP contribution is 2.26. The van der Waals surface area contributed by atoms with Crippen molar-refractivity contribution in [2.24, 2.45) is 0 Å². The number of anilines is 4. The number of nitrogens with zero attached hydrogens (tertiary/aromatic N) is 4. The van der Waals surface area contributed by atoms with Gasteiger partial charge in [-0.3, -0.25) is 4.90 Å². The Hall–Kier alpha value is -1.76. The normalized spacial score (nSPS) is 16.6. The van der Waals surface area contributed by atoms with Crippen LogP contribution in [0.5, 0.6) is 0 Å². The van der Waals surface area contributed by atoms with Gasteiger partial charge in [-0.2, -0.15) is 9.97 Å². The fourth-order valence-corrected chi connectivity index (χ4v) is 2.50. The minimum absolute atomic E-state index is 0.178. The molecule has 0 radical (unpaired) electrons. The van der Waals surface area contributed by atoms with Gasteiger partial charge < -0.3 is 22.1 Å². The van der Waals surface area contributed by atoms with Crippen LogP contribution in [0.25, 0.3) is 0 Å². The van der Waals surface area contributed by atoms with Crippen LogP contribution in [0.4, 0.5) is 23.3 Å². The van der Waals surface area contributed by atoms with Crippen LogP contribution in [0.1, 0.15) is 26.2 Å². The monoisotopic (exact) mass is 279 g/mol. The van der Waals surface area contributed by atoms with Crippen LogP contribution in [-0.2, 0) is 0 Å². The number of nitrogens with two attached hydrogens (primary N) is 3. The number of unbranched alkanes of at least 4 members (excludes halogenated alkanes) is 2. The van der Waals surface area contributed by atoms with Gasteiger partial charge in [0.05, 0.1) is 0 Å². The highest BCUT2D eigenvalue weighted by Gasteiger charge is 2.21. The van der Waals surface area contributed by atoms with Gasteiger partial charge in [0.25, 0.3) is 0 Å². The molecule has 1 aliphatic heterocycles. The Bertz CT molecular complexity index is 441. The molecule has 0 amide bonds. The lowest BCUT2D eigenvalue weighted by Crippen LogP contribution is -2.47. The first kappa shape index (κ1) is 14.6. The summed E-state index contributed by atoms with van der Waals surface area (Å²) in [7, 11) is 0. The van der Waals surface area contributed by atoms with Gasteiger partial charge in [-0.25, -0.2) is 0 Å². The third-order valence-electron chi connectivity index (χ3n) is 3.72. The maximum atomic E-state index is 5.95. The molecule has 6 N–H and O–H groups in total. The number of hydrogen-bond acceptors (Lipinski definition) is 7. The summed E-state index contributed by atoms with van der Waals surface area (Å²) in [6.45, 7) is 7.23. The maximum Gasteiger partial charge on any atom is 0.224 e. The first-order valence-electron chi connectivity index (χ1n) is 7.27. The van der Waals surface area contributed by atoms with Gasteiger partial charge in [0.2, 0.25) is 5.95 Å². The van der Waals surface area contributed by atoms with E-state index in [4.69, 9.17) is 17.2 Å². The second-order valence-corrected chi connectivity index (χ2v) is 5.24. The smallest absolute Gasteiger partial charge is 0.224 e. The van der Waals surface area contributed by atoms with E-state index in [0.717, 1.165) is 26.2 Å². The van der Waals surface area contributed by atoms with Crippen LogP contribution in [0.3, 0.4) is 0 Å². The molecule has 112 valence electrons. The molecule has 0 saturated carbocycles. The highest BCUT2D eigenvalue weighted by atomic mass is 15.3. The van der Waals surface area contributed by atoms with Crippen molar-refractivity contribution in [2.75, 3.05) is 54.8 Å². The Morgan fingerprint density at radius 2 is 1.70 bits per heavy atom. The molecule has 0 spiro atoms. The molecule has 0 unspecified atom stereocenters. The molecular weight excluding hydrogens is 254 g/mol. The van der Waals surface area contributed by atoms with Crippen molar-refractivity contribution in [3.63, 3.8) is 0 Å². The summed E-state index contributed by atoms with van der Waals surface area (Å²) in [4.78, 5) is 12.7. The van der Waals surface area contributed by atoms with Gasteiger partial charge in [-0.05, 0) is 13.0 Å². The molecule has 2 rings (SSSR count). The summed E-state index contributed by atoms with van der Waals surface area (Å²) < 4.78 is 0. The molecule has 0 bridgehead atoms. The van der Waals surface area contributed by atoms with Gasteiger partial charge in [0.1, 0.15) is 5.69 Å².